The summed E-state index contributed by atoms with van der Waals surface area (Å²) in [6, 6.07) is 0. The maximum Gasteiger partial charge on any atom is 0.146 e. The second-order valence-corrected chi connectivity index (χ2v) is 3.74. The van der Waals surface area contributed by atoms with Crippen LogP contribution in [0.25, 0.3) is 0 Å². The monoisotopic (exact) mass is 194 g/mol. The molecule has 0 aliphatic carbocycles. The third kappa shape index (κ3) is 2.17. The highest BCUT2D eigenvalue weighted by molar-refractivity contribution is 5.81. The Morgan fingerprint density at radius 2 is 2.43 bits per heavy atom. The fourth-order valence-corrected chi connectivity index (χ4v) is 1.74. The van der Waals surface area contributed by atoms with Crippen LogP contribution in [0.4, 0.5) is 0 Å². The molecule has 1 aliphatic heterocycles. The zero-order valence-corrected chi connectivity index (χ0v) is 8.31. The zero-order valence-electron chi connectivity index (χ0n) is 8.31. The first kappa shape index (κ1) is 9.33. The average molecular weight is 194 g/mol. The lowest BCUT2D eigenvalue weighted by atomic mass is 10.1. The van der Waals surface area contributed by atoms with Gasteiger partial charge in [0.2, 0.25) is 0 Å². The molecule has 1 saturated heterocycles. The van der Waals surface area contributed by atoms with Gasteiger partial charge in [0, 0.05) is 26.2 Å². The van der Waals surface area contributed by atoms with Crippen LogP contribution in [0, 0.1) is 0 Å². The highest BCUT2D eigenvalue weighted by Crippen LogP contribution is 2.08. The molecule has 0 aromatic carbocycles. The summed E-state index contributed by atoms with van der Waals surface area (Å²) in [4.78, 5) is 13.3. The topological polar surface area (TPSA) is 51.0 Å². The van der Waals surface area contributed by atoms with Gasteiger partial charge in [-0.2, -0.15) is 0 Å². The lowest BCUT2D eigenvalue weighted by molar-refractivity contribution is -0.122. The molecule has 2 heterocycles. The van der Waals surface area contributed by atoms with Crippen LogP contribution < -0.4 is 0 Å². The molecule has 1 aromatic heterocycles. The van der Waals surface area contributed by atoms with Gasteiger partial charge in [-0.15, -0.1) is 5.10 Å². The van der Waals surface area contributed by atoms with E-state index in [4.69, 9.17) is 0 Å². The van der Waals surface area contributed by atoms with E-state index >= 15 is 0 Å². The Labute approximate surface area is 82.7 Å². The molecule has 5 nitrogen and oxygen atoms in total. The third-order valence-electron chi connectivity index (χ3n) is 2.37. The van der Waals surface area contributed by atoms with Crippen LogP contribution in [0.2, 0.25) is 0 Å². The SMILES string of the molecule is Cn1cc(CN2CCCC(=O)C2)nn1. The summed E-state index contributed by atoms with van der Waals surface area (Å²) in [5, 5.41) is 7.85. The molecule has 1 fully saturated rings. The summed E-state index contributed by atoms with van der Waals surface area (Å²) < 4.78 is 1.68. The van der Waals surface area contributed by atoms with Gasteiger partial charge in [0.25, 0.3) is 0 Å². The van der Waals surface area contributed by atoms with Crippen LogP contribution in [-0.4, -0.2) is 38.8 Å². The van der Waals surface area contributed by atoms with Crippen molar-refractivity contribution in [1.82, 2.24) is 19.9 Å². The first-order valence-electron chi connectivity index (χ1n) is 4.83. The second-order valence-electron chi connectivity index (χ2n) is 3.74. The van der Waals surface area contributed by atoms with E-state index in [1.54, 1.807) is 4.68 Å². The number of carbonyl (C=O) groups excluding carboxylic acids is 1. The van der Waals surface area contributed by atoms with Gasteiger partial charge in [-0.3, -0.25) is 14.4 Å². The molecule has 76 valence electrons. The number of carbonyl (C=O) groups is 1. The number of aryl methyl sites for hydroxylation is 1. The normalized spacial score (nSPS) is 18.8. The van der Waals surface area contributed by atoms with Gasteiger partial charge in [-0.05, 0) is 13.0 Å². The molecule has 0 spiro atoms. The number of Topliss-reactive ketones (excluding diaryl/α,β-unsaturated/α-hetero) is 1. The van der Waals surface area contributed by atoms with Crippen LogP contribution in [0.15, 0.2) is 6.20 Å². The Morgan fingerprint density at radius 1 is 1.57 bits per heavy atom. The zero-order chi connectivity index (χ0) is 9.97. The van der Waals surface area contributed by atoms with Crippen molar-refractivity contribution in [3.63, 3.8) is 0 Å². The van der Waals surface area contributed by atoms with Crippen LogP contribution in [0.3, 0.4) is 0 Å². The quantitative estimate of drug-likeness (QED) is 0.664. The van der Waals surface area contributed by atoms with Crippen LogP contribution in [-0.2, 0) is 18.4 Å². The predicted octanol–water partition coefficient (Wildman–Crippen LogP) is -0.0200. The molecule has 0 unspecified atom stereocenters. The Hall–Kier alpha value is -1.23. The maximum atomic E-state index is 11.2. The standard InChI is InChI=1S/C9H14N4O/c1-12-5-8(10-11-12)6-13-4-2-3-9(14)7-13/h5H,2-4,6-7H2,1H3. The molecule has 14 heavy (non-hydrogen) atoms. The van der Waals surface area contributed by atoms with E-state index in [2.05, 4.69) is 15.2 Å². The van der Waals surface area contributed by atoms with E-state index in [1.807, 2.05) is 13.2 Å². The molecule has 2 rings (SSSR count). The minimum Gasteiger partial charge on any atom is -0.298 e. The molecule has 0 bridgehead atoms. The van der Waals surface area contributed by atoms with Gasteiger partial charge in [-0.1, -0.05) is 5.21 Å². The van der Waals surface area contributed by atoms with Crippen molar-refractivity contribution in [2.24, 2.45) is 7.05 Å². The summed E-state index contributed by atoms with van der Waals surface area (Å²) in [5.74, 6) is 0.333. The van der Waals surface area contributed by atoms with Crippen molar-refractivity contribution in [3.8, 4) is 0 Å². The number of nitrogens with zero attached hydrogens (tertiary/aromatic N) is 4. The number of ketones is 1. The molecule has 5 heteroatoms. The second kappa shape index (κ2) is 3.88. The first-order chi connectivity index (χ1) is 6.74. The number of likely N-dealkylation sites (tertiary alicyclic amines) is 1. The smallest absolute Gasteiger partial charge is 0.146 e. The molecule has 0 atom stereocenters. The summed E-state index contributed by atoms with van der Waals surface area (Å²) >= 11 is 0. The van der Waals surface area contributed by atoms with E-state index in [0.717, 1.165) is 31.6 Å². The van der Waals surface area contributed by atoms with E-state index in [9.17, 15) is 4.79 Å². The van der Waals surface area contributed by atoms with Crippen LogP contribution >= 0.6 is 0 Å². The molecular weight excluding hydrogens is 180 g/mol. The first-order valence-corrected chi connectivity index (χ1v) is 4.83. The van der Waals surface area contributed by atoms with Crippen molar-refractivity contribution in [2.75, 3.05) is 13.1 Å². The minimum atomic E-state index is 0.333. The molecule has 0 saturated carbocycles. The van der Waals surface area contributed by atoms with E-state index in [0.29, 0.717) is 12.3 Å². The summed E-state index contributed by atoms with van der Waals surface area (Å²) in [6.45, 7) is 2.29. The average Bonchev–Trinajstić information content (AvgIpc) is 2.51. The summed E-state index contributed by atoms with van der Waals surface area (Å²) in [5.41, 5.74) is 0.933. The van der Waals surface area contributed by atoms with Crippen molar-refractivity contribution in [1.29, 1.82) is 0 Å². The Bertz CT molecular complexity index is 333. The van der Waals surface area contributed by atoms with Gasteiger partial charge in [-0.25, -0.2) is 0 Å². The maximum absolute atomic E-state index is 11.2. The molecule has 0 radical (unpaired) electrons. The third-order valence-corrected chi connectivity index (χ3v) is 2.37. The van der Waals surface area contributed by atoms with E-state index in [-0.39, 0.29) is 0 Å². The Morgan fingerprint density at radius 3 is 3.07 bits per heavy atom. The van der Waals surface area contributed by atoms with Gasteiger partial charge in [0.1, 0.15) is 5.78 Å². The van der Waals surface area contributed by atoms with Crippen molar-refractivity contribution in [2.45, 2.75) is 19.4 Å². The van der Waals surface area contributed by atoms with Crippen molar-refractivity contribution >= 4 is 5.78 Å². The molecule has 1 aliphatic rings. The lowest BCUT2D eigenvalue weighted by Gasteiger charge is -2.24. The van der Waals surface area contributed by atoms with Gasteiger partial charge in [0.05, 0.1) is 12.2 Å². The fourth-order valence-electron chi connectivity index (χ4n) is 1.74. The fraction of sp³-hybridized carbons (Fsp3) is 0.667. The largest absolute Gasteiger partial charge is 0.298 e. The van der Waals surface area contributed by atoms with E-state index in [1.165, 1.54) is 0 Å². The van der Waals surface area contributed by atoms with Gasteiger partial charge in [0.15, 0.2) is 0 Å². The molecular formula is C9H14N4O. The Balaban J connectivity index is 1.93. The van der Waals surface area contributed by atoms with Crippen LogP contribution in [0.1, 0.15) is 18.5 Å². The van der Waals surface area contributed by atoms with E-state index < -0.39 is 0 Å². The van der Waals surface area contributed by atoms with Gasteiger partial charge >= 0.3 is 0 Å². The number of aromatic nitrogens is 3. The Kier molecular flexibility index (Phi) is 2.58. The molecule has 0 N–H and O–H groups in total. The summed E-state index contributed by atoms with van der Waals surface area (Å²) in [7, 11) is 1.85. The van der Waals surface area contributed by atoms with Gasteiger partial charge < -0.3 is 0 Å². The molecule has 1 aromatic rings. The number of rotatable bonds is 2. The van der Waals surface area contributed by atoms with Crippen LogP contribution in [0.5, 0.6) is 0 Å². The van der Waals surface area contributed by atoms with Crippen molar-refractivity contribution in [3.05, 3.63) is 11.9 Å². The highest BCUT2D eigenvalue weighted by Gasteiger charge is 2.17. The van der Waals surface area contributed by atoms with Crippen molar-refractivity contribution < 1.29 is 4.79 Å². The molecule has 0 amide bonds. The highest BCUT2D eigenvalue weighted by atomic mass is 16.1. The number of hydrogen-bond donors (Lipinski definition) is 0. The minimum absolute atomic E-state index is 0.333. The predicted molar refractivity (Wildman–Crippen MR) is 50.5 cm³/mol. The lowest BCUT2D eigenvalue weighted by Crippen LogP contribution is -2.35. The summed E-state index contributed by atoms with van der Waals surface area (Å²) in [6.07, 6.45) is 3.59. The number of hydrogen-bond acceptors (Lipinski definition) is 4. The number of piperidine rings is 1.